The molecule has 0 bridgehead atoms. The third-order valence-electron chi connectivity index (χ3n) is 17.8. The number of allylic oxidation sites excluding steroid dienone is 1. The third-order valence-corrected chi connectivity index (χ3v) is 17.8. The van der Waals surface area contributed by atoms with Gasteiger partial charge in [-0.3, -0.25) is 14.4 Å². The second kappa shape index (κ2) is 12.2. The number of esters is 2. The second-order valence-corrected chi connectivity index (χ2v) is 20.2. The molecular formula is C45H64O6. The number of aliphatic carboxylic acids is 1. The largest absolute Gasteiger partial charge is 0.481 e. The molecule has 1 aromatic carbocycles. The summed E-state index contributed by atoms with van der Waals surface area (Å²) in [5.41, 5.74) is 1.20. The van der Waals surface area contributed by atoms with E-state index < -0.39 is 16.8 Å². The summed E-state index contributed by atoms with van der Waals surface area (Å²) in [7, 11) is 0. The standard InChI is InChI=1S/C45H64O6/c1-27(2)29-17-22-45(39(48)49)24-23-43(8)30(36(29)45)15-16-34-42(7)20-19-35(41(5,6)33(42)18-21-44(34,43)9)51-38(47)32-25-31(40(32,3)4)37(46)50-26-28-13-11-10-12-14-28/h10-14,29-36H,1,15-26H2,2-9H3,(H,48,49)/t29-,30?,31-,32?,33-,34+,35-,36?,42-,43+,44+,45-/m0/s1. The maximum Gasteiger partial charge on any atom is 0.309 e. The van der Waals surface area contributed by atoms with Gasteiger partial charge in [0.15, 0.2) is 0 Å². The molecule has 1 N–H and O–H groups in total. The SMILES string of the molecule is C=C(C)[C@@H]1CC[C@]2(C(=O)O)CC[C@]3(C)C(CC[C@@H]4[C@@]5(C)CC[C@H](OC(=O)C6C[C@@H](C(=O)OCc7ccccc7)C6(C)C)C(C)(C)[C@@H]5CC[C@]43C)C12. The van der Waals surface area contributed by atoms with E-state index in [1.807, 2.05) is 44.2 Å². The number of rotatable bonds is 7. The summed E-state index contributed by atoms with van der Waals surface area (Å²) in [4.78, 5) is 40.0. The molecule has 3 unspecified atom stereocenters. The lowest BCUT2D eigenvalue weighted by Gasteiger charge is -2.72. The highest BCUT2D eigenvalue weighted by molar-refractivity contribution is 5.82. The van der Waals surface area contributed by atoms with Gasteiger partial charge in [-0.1, -0.05) is 91.0 Å². The zero-order valence-electron chi connectivity index (χ0n) is 32.7. The fourth-order valence-electron chi connectivity index (χ4n) is 14.5. The minimum Gasteiger partial charge on any atom is -0.481 e. The molecule has 51 heavy (non-hydrogen) atoms. The van der Waals surface area contributed by atoms with Crippen LogP contribution in [0.2, 0.25) is 0 Å². The van der Waals surface area contributed by atoms with Crippen molar-refractivity contribution in [3.05, 3.63) is 48.0 Å². The Balaban J connectivity index is 1.05. The Morgan fingerprint density at radius 2 is 1.45 bits per heavy atom. The van der Waals surface area contributed by atoms with Crippen LogP contribution in [0.15, 0.2) is 42.5 Å². The quantitative estimate of drug-likeness (QED) is 0.225. The molecule has 0 saturated heterocycles. The van der Waals surface area contributed by atoms with E-state index in [0.717, 1.165) is 69.8 Å². The Bertz CT molecular complexity index is 1580. The van der Waals surface area contributed by atoms with Crippen LogP contribution in [0, 0.1) is 73.9 Å². The fraction of sp³-hybridized carbons (Fsp3) is 0.756. The maximum atomic E-state index is 13.9. The summed E-state index contributed by atoms with van der Waals surface area (Å²) in [5.74, 6) is 0.286. The molecule has 6 fully saturated rings. The normalized spacial score (nSPS) is 44.7. The number of carbonyl (C=O) groups is 3. The Hall–Kier alpha value is -2.63. The highest BCUT2D eigenvalue weighted by Gasteiger charge is 2.72. The Labute approximate surface area is 306 Å². The van der Waals surface area contributed by atoms with Crippen molar-refractivity contribution in [3.63, 3.8) is 0 Å². The van der Waals surface area contributed by atoms with Crippen LogP contribution in [0.25, 0.3) is 0 Å². The van der Waals surface area contributed by atoms with Gasteiger partial charge < -0.3 is 14.6 Å². The van der Waals surface area contributed by atoms with Crippen molar-refractivity contribution in [3.8, 4) is 0 Å². The van der Waals surface area contributed by atoms with E-state index in [-0.39, 0.29) is 64.1 Å². The average molecular weight is 701 g/mol. The highest BCUT2D eigenvalue weighted by atomic mass is 16.5. The predicted molar refractivity (Wildman–Crippen MR) is 198 cm³/mol. The first kappa shape index (κ1) is 36.7. The van der Waals surface area contributed by atoms with Gasteiger partial charge in [0.05, 0.1) is 17.3 Å². The van der Waals surface area contributed by atoms with Gasteiger partial charge in [-0.15, -0.1) is 0 Å². The first-order valence-electron chi connectivity index (χ1n) is 20.1. The van der Waals surface area contributed by atoms with E-state index in [1.165, 1.54) is 5.57 Å². The molecular weight excluding hydrogens is 636 g/mol. The number of carboxylic acid groups (broad SMARTS) is 1. The van der Waals surface area contributed by atoms with Gasteiger partial charge in [-0.2, -0.15) is 0 Å². The monoisotopic (exact) mass is 700 g/mol. The van der Waals surface area contributed by atoms with Gasteiger partial charge in [0.25, 0.3) is 0 Å². The van der Waals surface area contributed by atoms with Gasteiger partial charge in [-0.25, -0.2) is 0 Å². The van der Waals surface area contributed by atoms with Crippen molar-refractivity contribution < 1.29 is 29.0 Å². The van der Waals surface area contributed by atoms with Gasteiger partial charge in [-0.05, 0) is 134 Å². The smallest absolute Gasteiger partial charge is 0.309 e. The topological polar surface area (TPSA) is 89.9 Å². The minimum atomic E-state index is -0.598. The maximum absolute atomic E-state index is 13.9. The van der Waals surface area contributed by atoms with E-state index in [2.05, 4.69) is 48.1 Å². The van der Waals surface area contributed by atoms with Crippen LogP contribution in [-0.4, -0.2) is 29.1 Å². The lowest BCUT2D eigenvalue weighted by Crippen LogP contribution is -2.67. The number of carboxylic acids is 1. The second-order valence-electron chi connectivity index (χ2n) is 20.2. The summed E-state index contributed by atoms with van der Waals surface area (Å²) in [6, 6.07) is 9.71. The zero-order valence-corrected chi connectivity index (χ0v) is 32.7. The summed E-state index contributed by atoms with van der Waals surface area (Å²) in [6.45, 7) is 23.2. The summed E-state index contributed by atoms with van der Waals surface area (Å²) in [6.07, 6.45) is 10.3. The molecule has 0 aromatic heterocycles. The van der Waals surface area contributed by atoms with Crippen LogP contribution in [0.1, 0.15) is 132 Å². The third kappa shape index (κ3) is 5.17. The van der Waals surface area contributed by atoms with Crippen molar-refractivity contribution in [2.24, 2.45) is 73.9 Å². The fourth-order valence-corrected chi connectivity index (χ4v) is 14.5. The van der Waals surface area contributed by atoms with E-state index in [0.29, 0.717) is 30.1 Å². The van der Waals surface area contributed by atoms with Crippen molar-refractivity contribution in [1.29, 1.82) is 0 Å². The first-order valence-corrected chi connectivity index (χ1v) is 20.1. The molecule has 1 aromatic rings. The van der Waals surface area contributed by atoms with E-state index in [1.54, 1.807) is 0 Å². The number of hydrogen-bond donors (Lipinski definition) is 1. The Morgan fingerprint density at radius 1 is 0.765 bits per heavy atom. The number of fused-ring (bicyclic) bond motifs is 7. The van der Waals surface area contributed by atoms with Crippen LogP contribution in [0.4, 0.5) is 0 Å². The summed E-state index contributed by atoms with van der Waals surface area (Å²) in [5, 5.41) is 10.7. The minimum absolute atomic E-state index is 0.0909. The molecule has 0 aliphatic heterocycles. The molecule has 6 nitrogen and oxygen atoms in total. The van der Waals surface area contributed by atoms with Crippen LogP contribution < -0.4 is 0 Å². The predicted octanol–water partition coefficient (Wildman–Crippen LogP) is 10.0. The molecule has 6 aliphatic rings. The molecule has 0 amide bonds. The summed E-state index contributed by atoms with van der Waals surface area (Å²) >= 11 is 0. The first-order chi connectivity index (χ1) is 23.8. The van der Waals surface area contributed by atoms with E-state index in [9.17, 15) is 19.5 Å². The van der Waals surface area contributed by atoms with Gasteiger partial charge in [0.2, 0.25) is 0 Å². The van der Waals surface area contributed by atoms with Crippen molar-refractivity contribution in [1.82, 2.24) is 0 Å². The molecule has 12 atom stereocenters. The van der Waals surface area contributed by atoms with E-state index >= 15 is 0 Å². The van der Waals surface area contributed by atoms with Crippen LogP contribution in [0.3, 0.4) is 0 Å². The van der Waals surface area contributed by atoms with Crippen molar-refractivity contribution >= 4 is 17.9 Å². The molecule has 6 heteroatoms. The molecule has 280 valence electrons. The molecule has 6 aliphatic carbocycles. The lowest BCUT2D eigenvalue weighted by atomic mass is 9.32. The number of carbonyl (C=O) groups excluding carboxylic acids is 2. The number of ether oxygens (including phenoxy) is 2. The number of hydrogen-bond acceptors (Lipinski definition) is 5. The molecule has 6 saturated carbocycles. The number of benzene rings is 1. The summed E-state index contributed by atoms with van der Waals surface area (Å²) < 4.78 is 12.2. The van der Waals surface area contributed by atoms with Gasteiger partial charge in [0.1, 0.15) is 12.7 Å². The van der Waals surface area contributed by atoms with Gasteiger partial charge >= 0.3 is 17.9 Å². The molecule has 7 rings (SSSR count). The Kier molecular flexibility index (Phi) is 8.78. The average Bonchev–Trinajstić information content (AvgIpc) is 3.47. The lowest BCUT2D eigenvalue weighted by molar-refractivity contribution is -0.252. The van der Waals surface area contributed by atoms with Crippen molar-refractivity contribution in [2.45, 2.75) is 139 Å². The molecule has 0 heterocycles. The highest BCUT2D eigenvalue weighted by Crippen LogP contribution is 2.77. The zero-order chi connectivity index (χ0) is 36.9. The van der Waals surface area contributed by atoms with Crippen LogP contribution >= 0.6 is 0 Å². The molecule has 0 radical (unpaired) electrons. The van der Waals surface area contributed by atoms with Crippen molar-refractivity contribution in [2.75, 3.05) is 0 Å². The Morgan fingerprint density at radius 3 is 2.10 bits per heavy atom. The van der Waals surface area contributed by atoms with Crippen LogP contribution in [-0.2, 0) is 30.5 Å². The van der Waals surface area contributed by atoms with Gasteiger partial charge in [0, 0.05) is 5.41 Å². The molecule has 0 spiro atoms. The van der Waals surface area contributed by atoms with E-state index in [4.69, 9.17) is 9.47 Å². The van der Waals surface area contributed by atoms with Crippen LogP contribution in [0.5, 0.6) is 0 Å².